The zero-order valence-corrected chi connectivity index (χ0v) is 29.5. The van der Waals surface area contributed by atoms with Crippen LogP contribution >= 0.6 is 0 Å². The number of aromatic nitrogens is 3. The van der Waals surface area contributed by atoms with E-state index >= 15 is 0 Å². The summed E-state index contributed by atoms with van der Waals surface area (Å²) >= 11 is 0. The van der Waals surface area contributed by atoms with Crippen LogP contribution in [-0.2, 0) is 0 Å². The summed E-state index contributed by atoms with van der Waals surface area (Å²) in [5.41, 5.74) is 12.3. The summed E-state index contributed by atoms with van der Waals surface area (Å²) in [5.74, 6) is 0. The third-order valence-electron chi connectivity index (χ3n) is 11.1. The molecule has 3 aromatic heterocycles. The molecule has 0 unspecified atom stereocenters. The van der Waals surface area contributed by atoms with Gasteiger partial charge in [0.05, 0.1) is 61.7 Å². The Hall–Kier alpha value is -7.86. The Labute approximate surface area is 316 Å². The molecule has 0 aliphatic carbocycles. The molecular weight excluding hydrogens is 671 g/mol. The van der Waals surface area contributed by atoms with E-state index in [9.17, 15) is 10.5 Å². The number of para-hydroxylation sites is 5. The second-order valence-corrected chi connectivity index (χ2v) is 14.0. The highest BCUT2D eigenvalue weighted by molar-refractivity contribution is 6.15. The van der Waals surface area contributed by atoms with Gasteiger partial charge in [-0.3, -0.25) is 0 Å². The van der Waals surface area contributed by atoms with Crippen LogP contribution in [0.2, 0.25) is 0 Å². The molecule has 5 heteroatoms. The van der Waals surface area contributed by atoms with Gasteiger partial charge in [0.2, 0.25) is 0 Å². The summed E-state index contributed by atoms with van der Waals surface area (Å²) < 4.78 is 6.82. The van der Waals surface area contributed by atoms with Gasteiger partial charge >= 0.3 is 0 Å². The van der Waals surface area contributed by atoms with E-state index < -0.39 is 0 Å². The molecule has 3 heterocycles. The van der Waals surface area contributed by atoms with Crippen molar-refractivity contribution in [2.24, 2.45) is 0 Å². The molecule has 0 amide bonds. The highest BCUT2D eigenvalue weighted by Gasteiger charge is 2.22. The normalized spacial score (nSPS) is 11.6. The smallest absolute Gasteiger partial charge is 0.101 e. The molecule has 254 valence electrons. The van der Waals surface area contributed by atoms with Crippen molar-refractivity contribution in [1.29, 1.82) is 10.5 Å². The molecule has 0 saturated heterocycles. The fourth-order valence-electron chi connectivity index (χ4n) is 8.73. The van der Waals surface area contributed by atoms with Gasteiger partial charge in [0.15, 0.2) is 0 Å². The molecule has 0 saturated carbocycles. The lowest BCUT2D eigenvalue weighted by Gasteiger charge is -2.16. The molecule has 0 aliphatic heterocycles. The Balaban J connectivity index is 1.11. The Bertz CT molecular complexity index is 3350. The van der Waals surface area contributed by atoms with Gasteiger partial charge in [0, 0.05) is 38.0 Å². The summed E-state index contributed by atoms with van der Waals surface area (Å²) in [6.45, 7) is 0. The largest absolute Gasteiger partial charge is 0.309 e. The number of hydrogen-bond donors (Lipinski definition) is 0. The zero-order chi connectivity index (χ0) is 36.6. The topological polar surface area (TPSA) is 62.4 Å². The van der Waals surface area contributed by atoms with Gasteiger partial charge in [0.1, 0.15) is 6.07 Å². The highest BCUT2D eigenvalue weighted by atomic mass is 15.1. The molecule has 0 fully saturated rings. The van der Waals surface area contributed by atoms with Gasteiger partial charge in [-0.15, -0.1) is 0 Å². The van der Waals surface area contributed by atoms with E-state index in [0.717, 1.165) is 61.0 Å². The van der Waals surface area contributed by atoms with E-state index in [1.54, 1.807) is 0 Å². The maximum Gasteiger partial charge on any atom is 0.101 e. The minimum Gasteiger partial charge on any atom is -0.309 e. The van der Waals surface area contributed by atoms with Crippen LogP contribution in [0, 0.1) is 22.7 Å². The SMILES string of the molecule is N#Cc1ccc2c3cccc(-n4c5ccccc5c5ccccc54)c3n(-c3ccc(-c4ccc(-n5c6ccccc6c6ccccc65)cc4)cc3C#N)c2c1. The molecule has 0 N–H and O–H groups in total. The average molecular weight is 700 g/mol. The molecule has 11 rings (SSSR count). The molecule has 0 radical (unpaired) electrons. The first-order valence-electron chi connectivity index (χ1n) is 18.3. The third-order valence-corrected chi connectivity index (χ3v) is 11.1. The number of nitriles is 2. The quantitative estimate of drug-likeness (QED) is 0.184. The first kappa shape index (κ1) is 30.7. The highest BCUT2D eigenvalue weighted by Crippen LogP contribution is 2.41. The van der Waals surface area contributed by atoms with E-state index in [1.807, 2.05) is 24.3 Å². The molecule has 11 aromatic rings. The van der Waals surface area contributed by atoms with E-state index in [4.69, 9.17) is 0 Å². The van der Waals surface area contributed by atoms with Gasteiger partial charge in [-0.05, 0) is 77.9 Å². The monoisotopic (exact) mass is 699 g/mol. The van der Waals surface area contributed by atoms with Gasteiger partial charge in [-0.1, -0.05) is 109 Å². The van der Waals surface area contributed by atoms with E-state index in [-0.39, 0.29) is 0 Å². The second-order valence-electron chi connectivity index (χ2n) is 14.0. The lowest BCUT2D eigenvalue weighted by Crippen LogP contribution is -2.02. The van der Waals surface area contributed by atoms with Crippen molar-refractivity contribution in [3.8, 4) is 40.3 Å². The fraction of sp³-hybridized carbons (Fsp3) is 0. The molecule has 0 bridgehead atoms. The summed E-state index contributed by atoms with van der Waals surface area (Å²) in [5, 5.41) is 27.7. The summed E-state index contributed by atoms with van der Waals surface area (Å²) in [6, 6.07) is 65.9. The van der Waals surface area contributed by atoms with Crippen molar-refractivity contribution in [3.05, 3.63) is 187 Å². The Morgan fingerprint density at radius 3 is 1.45 bits per heavy atom. The molecule has 5 nitrogen and oxygen atoms in total. The van der Waals surface area contributed by atoms with Gasteiger partial charge in [-0.2, -0.15) is 10.5 Å². The number of fused-ring (bicyclic) bond motifs is 9. The summed E-state index contributed by atoms with van der Waals surface area (Å²) in [4.78, 5) is 0. The Morgan fingerprint density at radius 2 is 0.873 bits per heavy atom. The molecule has 55 heavy (non-hydrogen) atoms. The Morgan fingerprint density at radius 1 is 0.345 bits per heavy atom. The van der Waals surface area contributed by atoms with Crippen molar-refractivity contribution in [3.63, 3.8) is 0 Å². The number of benzene rings is 8. The fourth-order valence-corrected chi connectivity index (χ4v) is 8.73. The standard InChI is InChI=1S/C50H29N5/c51-30-32-20-26-41-42-14-9-19-48(54-46-17-7-3-12-39(46)40-13-4-8-18-47(40)54)50(42)55(49(41)28-32)43-27-23-34(29-35(43)31-52)33-21-24-36(25-22-33)53-44-15-5-1-10-37(44)38-11-2-6-16-45(38)53/h1-29H. The number of hydrogen-bond acceptors (Lipinski definition) is 2. The van der Waals surface area contributed by atoms with Crippen LogP contribution in [0.3, 0.4) is 0 Å². The maximum absolute atomic E-state index is 10.8. The number of nitrogens with zero attached hydrogens (tertiary/aromatic N) is 5. The maximum atomic E-state index is 10.8. The van der Waals surface area contributed by atoms with Crippen LogP contribution in [0.4, 0.5) is 0 Å². The van der Waals surface area contributed by atoms with Crippen LogP contribution in [0.5, 0.6) is 0 Å². The minimum atomic E-state index is 0.544. The lowest BCUT2D eigenvalue weighted by atomic mass is 10.0. The van der Waals surface area contributed by atoms with Crippen molar-refractivity contribution >= 4 is 65.4 Å². The predicted molar refractivity (Wildman–Crippen MR) is 224 cm³/mol. The minimum absolute atomic E-state index is 0.544. The van der Waals surface area contributed by atoms with Crippen molar-refractivity contribution < 1.29 is 0 Å². The van der Waals surface area contributed by atoms with Gasteiger partial charge in [0.25, 0.3) is 0 Å². The van der Waals surface area contributed by atoms with E-state index in [2.05, 4.69) is 177 Å². The predicted octanol–water partition coefficient (Wildman–Crippen LogP) is 12.4. The average Bonchev–Trinajstić information content (AvgIpc) is 3.89. The first-order chi connectivity index (χ1) is 27.2. The molecular formula is C50H29N5. The van der Waals surface area contributed by atoms with E-state index in [0.29, 0.717) is 11.1 Å². The first-order valence-corrected chi connectivity index (χ1v) is 18.3. The van der Waals surface area contributed by atoms with Crippen molar-refractivity contribution in [1.82, 2.24) is 13.7 Å². The van der Waals surface area contributed by atoms with Crippen LogP contribution in [0.25, 0.3) is 93.6 Å². The van der Waals surface area contributed by atoms with Crippen LogP contribution in [-0.4, -0.2) is 13.7 Å². The molecule has 0 atom stereocenters. The second kappa shape index (κ2) is 11.8. The molecule has 8 aromatic carbocycles. The lowest BCUT2D eigenvalue weighted by molar-refractivity contribution is 1.12. The van der Waals surface area contributed by atoms with Crippen LogP contribution in [0.15, 0.2) is 176 Å². The van der Waals surface area contributed by atoms with Crippen molar-refractivity contribution in [2.45, 2.75) is 0 Å². The van der Waals surface area contributed by atoms with E-state index in [1.165, 1.54) is 32.6 Å². The summed E-state index contributed by atoms with van der Waals surface area (Å²) in [6.07, 6.45) is 0. The van der Waals surface area contributed by atoms with Gasteiger partial charge in [-0.25, -0.2) is 0 Å². The van der Waals surface area contributed by atoms with Crippen LogP contribution < -0.4 is 0 Å². The third kappa shape index (κ3) is 4.45. The van der Waals surface area contributed by atoms with Crippen molar-refractivity contribution in [2.75, 3.05) is 0 Å². The Kier molecular flexibility index (Phi) is 6.61. The summed E-state index contributed by atoms with van der Waals surface area (Å²) in [7, 11) is 0. The van der Waals surface area contributed by atoms with Crippen LogP contribution in [0.1, 0.15) is 11.1 Å². The zero-order valence-electron chi connectivity index (χ0n) is 29.5. The number of rotatable bonds is 4. The molecule has 0 aliphatic rings. The molecule has 0 spiro atoms. The van der Waals surface area contributed by atoms with Gasteiger partial charge < -0.3 is 13.7 Å².